The number of likely N-dealkylation sites (tertiary alicyclic amines) is 1. The predicted molar refractivity (Wildman–Crippen MR) is 84.1 cm³/mol. The molecule has 0 bridgehead atoms. The third-order valence-corrected chi connectivity index (χ3v) is 6.00. The van der Waals surface area contributed by atoms with E-state index in [1.165, 1.54) is 5.56 Å². The van der Waals surface area contributed by atoms with Gasteiger partial charge in [0.15, 0.2) is 0 Å². The van der Waals surface area contributed by atoms with E-state index in [1.54, 1.807) is 0 Å². The first-order valence-corrected chi connectivity index (χ1v) is 8.35. The molecule has 4 heterocycles. The zero-order chi connectivity index (χ0) is 15.0. The lowest BCUT2D eigenvalue weighted by Gasteiger charge is -2.43. The van der Waals surface area contributed by atoms with Gasteiger partial charge in [-0.15, -0.1) is 0 Å². The largest absolute Gasteiger partial charge is 0.356 e. The molecule has 4 rings (SSSR count). The second kappa shape index (κ2) is 5.32. The van der Waals surface area contributed by atoms with Gasteiger partial charge < -0.3 is 10.6 Å². The maximum Gasteiger partial charge on any atom is 0.228 e. The Hall–Kier alpha value is -1.46. The lowest BCUT2D eigenvalue weighted by molar-refractivity contribution is -0.133. The van der Waals surface area contributed by atoms with E-state index in [0.29, 0.717) is 5.91 Å². The number of pyridine rings is 1. The Morgan fingerprint density at radius 3 is 2.73 bits per heavy atom. The minimum Gasteiger partial charge on any atom is -0.356 e. The van der Waals surface area contributed by atoms with Crippen molar-refractivity contribution < 1.29 is 4.79 Å². The number of carbonyl (C=O) groups is 1. The van der Waals surface area contributed by atoms with E-state index in [4.69, 9.17) is 0 Å². The molecule has 5 nitrogen and oxygen atoms in total. The highest BCUT2D eigenvalue weighted by atomic mass is 16.2. The van der Waals surface area contributed by atoms with Gasteiger partial charge in [-0.1, -0.05) is 6.07 Å². The molecule has 1 amide bonds. The smallest absolute Gasteiger partial charge is 0.228 e. The lowest BCUT2D eigenvalue weighted by Crippen LogP contribution is -2.51. The molecule has 0 radical (unpaired) electrons. The molecular weight excluding hydrogens is 276 g/mol. The number of hydrogen-bond acceptors (Lipinski definition) is 4. The highest BCUT2D eigenvalue weighted by molar-refractivity contribution is 5.86. The highest BCUT2D eigenvalue weighted by Gasteiger charge is 2.62. The summed E-state index contributed by atoms with van der Waals surface area (Å²) in [5.41, 5.74) is 1.22. The molecule has 5 heteroatoms. The van der Waals surface area contributed by atoms with Crippen molar-refractivity contribution in [1.82, 2.24) is 20.5 Å². The molecule has 0 unspecified atom stereocenters. The van der Waals surface area contributed by atoms with Gasteiger partial charge in [-0.3, -0.25) is 14.7 Å². The van der Waals surface area contributed by atoms with Gasteiger partial charge in [-0.25, -0.2) is 0 Å². The van der Waals surface area contributed by atoms with Gasteiger partial charge in [0, 0.05) is 44.0 Å². The predicted octanol–water partition coefficient (Wildman–Crippen LogP) is 0.773. The van der Waals surface area contributed by atoms with Crippen molar-refractivity contribution in [2.75, 3.05) is 32.7 Å². The van der Waals surface area contributed by atoms with E-state index >= 15 is 0 Å². The second-order valence-corrected chi connectivity index (χ2v) is 7.12. The molecule has 3 aliphatic rings. The van der Waals surface area contributed by atoms with Crippen LogP contribution in [0.2, 0.25) is 0 Å². The van der Waals surface area contributed by atoms with Crippen LogP contribution in [-0.4, -0.2) is 48.5 Å². The first kappa shape index (κ1) is 14.2. The summed E-state index contributed by atoms with van der Waals surface area (Å²) in [7, 11) is 0. The summed E-state index contributed by atoms with van der Waals surface area (Å²) >= 11 is 0. The van der Waals surface area contributed by atoms with Crippen molar-refractivity contribution in [3.05, 3.63) is 30.1 Å². The fourth-order valence-electron chi connectivity index (χ4n) is 4.92. The van der Waals surface area contributed by atoms with Crippen LogP contribution in [0.25, 0.3) is 0 Å². The normalized spacial score (nSPS) is 31.0. The van der Waals surface area contributed by atoms with Crippen LogP contribution in [0.1, 0.15) is 24.8 Å². The molecule has 2 spiro atoms. The number of rotatable bonds is 2. The van der Waals surface area contributed by atoms with Crippen LogP contribution in [0, 0.1) is 10.8 Å². The van der Waals surface area contributed by atoms with Crippen molar-refractivity contribution >= 4 is 5.91 Å². The van der Waals surface area contributed by atoms with Crippen molar-refractivity contribution in [2.45, 2.75) is 25.8 Å². The summed E-state index contributed by atoms with van der Waals surface area (Å²) in [6.45, 7) is 5.75. The first-order valence-electron chi connectivity index (χ1n) is 8.35. The van der Waals surface area contributed by atoms with E-state index in [-0.39, 0.29) is 10.8 Å². The van der Waals surface area contributed by atoms with Gasteiger partial charge >= 0.3 is 0 Å². The number of fused-ring (bicyclic) bond motifs is 1. The number of nitrogens with zero attached hydrogens (tertiary/aromatic N) is 2. The van der Waals surface area contributed by atoms with Crippen molar-refractivity contribution in [1.29, 1.82) is 0 Å². The second-order valence-electron chi connectivity index (χ2n) is 7.12. The molecule has 3 fully saturated rings. The maximum absolute atomic E-state index is 12.7. The number of hydrogen-bond donors (Lipinski definition) is 2. The average molecular weight is 300 g/mol. The summed E-state index contributed by atoms with van der Waals surface area (Å²) in [5.74, 6) is 0.295. The van der Waals surface area contributed by atoms with Crippen LogP contribution in [0.15, 0.2) is 24.5 Å². The summed E-state index contributed by atoms with van der Waals surface area (Å²) in [4.78, 5) is 19.4. The summed E-state index contributed by atoms with van der Waals surface area (Å²) in [6.07, 6.45) is 6.98. The van der Waals surface area contributed by atoms with Gasteiger partial charge in [0.2, 0.25) is 5.91 Å². The quantitative estimate of drug-likeness (QED) is 0.847. The number of nitrogens with one attached hydrogen (secondary N) is 2. The Morgan fingerprint density at radius 2 is 2.05 bits per heavy atom. The molecule has 22 heavy (non-hydrogen) atoms. The molecule has 118 valence electrons. The molecule has 2 N–H and O–H groups in total. The van der Waals surface area contributed by atoms with E-state index in [2.05, 4.69) is 26.6 Å². The fraction of sp³-hybridized carbons (Fsp3) is 0.647. The Kier molecular flexibility index (Phi) is 3.42. The van der Waals surface area contributed by atoms with Gasteiger partial charge in [0.05, 0.1) is 5.41 Å². The van der Waals surface area contributed by atoms with Crippen LogP contribution >= 0.6 is 0 Å². The molecule has 1 aromatic rings. The molecule has 0 saturated carbocycles. The van der Waals surface area contributed by atoms with E-state index in [1.807, 2.05) is 18.5 Å². The number of piperidine rings is 1. The standard InChI is InChI=1S/C17H24N4O/c22-15-17(5-9-20-15)13-21(11-14-2-1-6-19-10-14)12-16(17)3-7-18-8-4-16/h1-2,6,10,18H,3-5,7-9,11-13H2,(H,20,22)/t17-/m0/s1. The van der Waals surface area contributed by atoms with Crippen LogP contribution < -0.4 is 10.6 Å². The summed E-state index contributed by atoms with van der Waals surface area (Å²) in [6, 6.07) is 4.12. The lowest BCUT2D eigenvalue weighted by atomic mass is 9.60. The van der Waals surface area contributed by atoms with Gasteiger partial charge in [-0.2, -0.15) is 0 Å². The Labute approximate surface area is 131 Å². The fourth-order valence-corrected chi connectivity index (χ4v) is 4.92. The Bertz CT molecular complexity index is 555. The Balaban J connectivity index is 1.61. The maximum atomic E-state index is 12.7. The van der Waals surface area contributed by atoms with E-state index < -0.39 is 0 Å². The van der Waals surface area contributed by atoms with Crippen LogP contribution in [0.3, 0.4) is 0 Å². The topological polar surface area (TPSA) is 57.3 Å². The Morgan fingerprint density at radius 1 is 1.18 bits per heavy atom. The minimum atomic E-state index is -0.169. The zero-order valence-electron chi connectivity index (χ0n) is 13.0. The zero-order valence-corrected chi connectivity index (χ0v) is 13.0. The molecule has 3 aliphatic heterocycles. The van der Waals surface area contributed by atoms with Gasteiger partial charge in [0.1, 0.15) is 0 Å². The third-order valence-electron chi connectivity index (χ3n) is 6.00. The summed E-state index contributed by atoms with van der Waals surface area (Å²) in [5, 5.41) is 6.57. The molecule has 0 aliphatic carbocycles. The van der Waals surface area contributed by atoms with Crippen molar-refractivity contribution in [2.24, 2.45) is 10.8 Å². The van der Waals surface area contributed by atoms with Gasteiger partial charge in [0.25, 0.3) is 0 Å². The van der Waals surface area contributed by atoms with Crippen molar-refractivity contribution in [3.8, 4) is 0 Å². The molecular formula is C17H24N4O. The van der Waals surface area contributed by atoms with E-state index in [0.717, 1.165) is 58.5 Å². The minimum absolute atomic E-state index is 0.154. The molecule has 3 saturated heterocycles. The van der Waals surface area contributed by atoms with Gasteiger partial charge in [-0.05, 0) is 44.0 Å². The molecule has 0 aromatic carbocycles. The van der Waals surface area contributed by atoms with E-state index in [9.17, 15) is 4.79 Å². The number of aromatic nitrogens is 1. The summed E-state index contributed by atoms with van der Waals surface area (Å²) < 4.78 is 0. The number of carbonyl (C=O) groups excluding carboxylic acids is 1. The first-order chi connectivity index (χ1) is 10.7. The van der Waals surface area contributed by atoms with Crippen LogP contribution in [0.5, 0.6) is 0 Å². The van der Waals surface area contributed by atoms with Crippen molar-refractivity contribution in [3.63, 3.8) is 0 Å². The third kappa shape index (κ3) is 2.07. The van der Waals surface area contributed by atoms with Crippen LogP contribution in [0.4, 0.5) is 0 Å². The number of amides is 1. The highest BCUT2D eigenvalue weighted by Crippen LogP contribution is 2.55. The average Bonchev–Trinajstić information content (AvgIpc) is 3.04. The monoisotopic (exact) mass is 300 g/mol. The molecule has 1 aromatic heterocycles. The van der Waals surface area contributed by atoms with Crippen LogP contribution in [-0.2, 0) is 11.3 Å². The molecule has 1 atom stereocenters. The SMILES string of the molecule is O=C1NCC[C@]12CN(Cc1cccnc1)CC21CCNCC1.